The second kappa shape index (κ2) is 6.59. The molecule has 1 heterocycles. The molecule has 3 rings (SSSR count). The molecule has 6 heteroatoms. The van der Waals surface area contributed by atoms with Crippen molar-refractivity contribution in [2.75, 3.05) is 13.2 Å². The van der Waals surface area contributed by atoms with Crippen molar-refractivity contribution < 1.29 is 9.57 Å². The second-order valence-electron chi connectivity index (χ2n) is 4.61. The molecule has 0 saturated carbocycles. The Bertz CT molecular complexity index is 790. The van der Waals surface area contributed by atoms with Crippen molar-refractivity contribution in [1.29, 1.82) is 5.26 Å². The summed E-state index contributed by atoms with van der Waals surface area (Å²) < 4.78 is 5.58. The minimum atomic E-state index is 0.354. The lowest BCUT2D eigenvalue weighted by Crippen LogP contribution is -2.19. The highest BCUT2D eigenvalue weighted by Crippen LogP contribution is 2.12. The maximum absolute atomic E-state index is 8.62. The predicted molar refractivity (Wildman–Crippen MR) is 80.2 cm³/mol. The normalized spacial score (nSPS) is 10.3. The zero-order valence-electron chi connectivity index (χ0n) is 11.8. The first kappa shape index (κ1) is 13.9. The number of rotatable bonds is 6. The van der Waals surface area contributed by atoms with Crippen LogP contribution in [0.25, 0.3) is 11.0 Å². The Morgan fingerprint density at radius 2 is 1.86 bits per heavy atom. The van der Waals surface area contributed by atoms with E-state index in [4.69, 9.17) is 14.8 Å². The lowest BCUT2D eigenvalue weighted by molar-refractivity contribution is 0.0640. The van der Waals surface area contributed by atoms with E-state index in [1.165, 1.54) is 4.85 Å². The van der Waals surface area contributed by atoms with Crippen molar-refractivity contribution in [3.05, 3.63) is 54.1 Å². The molecule has 0 radical (unpaired) electrons. The van der Waals surface area contributed by atoms with E-state index in [1.807, 2.05) is 48.5 Å². The number of ether oxygens (including phenoxy) is 1. The fourth-order valence-corrected chi connectivity index (χ4v) is 2.02. The summed E-state index contributed by atoms with van der Waals surface area (Å²) in [6.07, 6.45) is 0.406. The summed E-state index contributed by atoms with van der Waals surface area (Å²) in [7, 11) is 0. The third kappa shape index (κ3) is 3.15. The van der Waals surface area contributed by atoms with E-state index >= 15 is 0 Å². The van der Waals surface area contributed by atoms with Gasteiger partial charge in [0.25, 0.3) is 0 Å². The Morgan fingerprint density at radius 3 is 2.68 bits per heavy atom. The molecule has 3 aromatic rings. The van der Waals surface area contributed by atoms with Gasteiger partial charge in [0.2, 0.25) is 0 Å². The summed E-state index contributed by atoms with van der Waals surface area (Å²) in [6, 6.07) is 17.1. The van der Waals surface area contributed by atoms with Gasteiger partial charge in [0, 0.05) is 0 Å². The number of hydrogen-bond acceptors (Lipinski definition) is 5. The molecule has 0 aliphatic carbocycles. The van der Waals surface area contributed by atoms with Crippen LogP contribution in [0, 0.1) is 11.3 Å². The number of para-hydroxylation sites is 1. The first-order valence-corrected chi connectivity index (χ1v) is 6.89. The van der Waals surface area contributed by atoms with Crippen molar-refractivity contribution >= 4 is 11.0 Å². The molecule has 0 aliphatic rings. The van der Waals surface area contributed by atoms with E-state index < -0.39 is 0 Å². The van der Waals surface area contributed by atoms with E-state index in [2.05, 4.69) is 16.4 Å². The highest BCUT2D eigenvalue weighted by Gasteiger charge is 2.03. The van der Waals surface area contributed by atoms with Crippen molar-refractivity contribution in [3.63, 3.8) is 0 Å². The van der Waals surface area contributed by atoms with Crippen LogP contribution in [0.5, 0.6) is 5.75 Å². The van der Waals surface area contributed by atoms with E-state index in [1.54, 1.807) is 0 Å². The number of hydrogen-bond donors (Lipinski definition) is 0. The van der Waals surface area contributed by atoms with Crippen molar-refractivity contribution in [1.82, 2.24) is 15.2 Å². The number of benzene rings is 2. The molecule has 0 spiro atoms. The number of nitrogens with zero attached hydrogens (tertiary/aromatic N) is 4. The quantitative estimate of drug-likeness (QED) is 0.650. The molecule has 0 bridgehead atoms. The molecule has 0 atom stereocenters. The van der Waals surface area contributed by atoms with E-state index in [0.717, 1.165) is 22.3 Å². The van der Waals surface area contributed by atoms with Crippen LogP contribution in [0.4, 0.5) is 0 Å². The fraction of sp³-hybridized carbons (Fsp3) is 0.188. The van der Waals surface area contributed by atoms with Crippen molar-refractivity contribution in [3.8, 4) is 11.8 Å². The molecule has 0 unspecified atom stereocenters. The summed E-state index contributed by atoms with van der Waals surface area (Å²) >= 11 is 0. The molecule has 22 heavy (non-hydrogen) atoms. The molecular weight excluding hydrogens is 280 g/mol. The zero-order valence-corrected chi connectivity index (χ0v) is 11.8. The molecular formula is C16H14N4O2. The number of fused-ring (bicyclic) bond motifs is 1. The summed E-state index contributed by atoms with van der Waals surface area (Å²) in [5.41, 5.74) is 2.58. The average Bonchev–Trinajstić information content (AvgIpc) is 2.97. The van der Waals surface area contributed by atoms with Gasteiger partial charge in [-0.3, -0.25) is 0 Å². The molecule has 0 fully saturated rings. The Labute approximate surface area is 127 Å². The van der Waals surface area contributed by atoms with E-state index in [0.29, 0.717) is 19.6 Å². The van der Waals surface area contributed by atoms with Crippen molar-refractivity contribution in [2.45, 2.75) is 6.42 Å². The number of nitriles is 1. The minimum absolute atomic E-state index is 0.354. The Morgan fingerprint density at radius 1 is 1.05 bits per heavy atom. The molecule has 0 saturated heterocycles. The Kier molecular flexibility index (Phi) is 4.16. The van der Waals surface area contributed by atoms with Gasteiger partial charge in [-0.05, 0) is 35.0 Å². The van der Waals surface area contributed by atoms with E-state index in [9.17, 15) is 0 Å². The monoisotopic (exact) mass is 294 g/mol. The van der Waals surface area contributed by atoms with Gasteiger partial charge in [0.1, 0.15) is 23.4 Å². The van der Waals surface area contributed by atoms with Gasteiger partial charge in [-0.2, -0.15) is 5.26 Å². The standard InChI is InChI=1S/C16H14N4O2/c17-10-9-13-5-7-14(8-6-13)21-11-12-22-20-16-4-2-1-3-15(16)18-19-20/h1-8H,9,11-12H2. The largest absolute Gasteiger partial charge is 0.490 e. The maximum atomic E-state index is 8.62. The first-order valence-electron chi connectivity index (χ1n) is 6.89. The Balaban J connectivity index is 1.50. The lowest BCUT2D eigenvalue weighted by Gasteiger charge is -2.08. The average molecular weight is 294 g/mol. The molecule has 0 amide bonds. The van der Waals surface area contributed by atoms with Crippen LogP contribution in [-0.2, 0) is 6.42 Å². The summed E-state index contributed by atoms with van der Waals surface area (Å²) in [5.74, 6) is 0.744. The van der Waals surface area contributed by atoms with Gasteiger partial charge >= 0.3 is 0 Å². The maximum Gasteiger partial charge on any atom is 0.151 e. The molecule has 1 aromatic heterocycles. The third-order valence-electron chi connectivity index (χ3n) is 3.09. The van der Waals surface area contributed by atoms with Crippen molar-refractivity contribution in [2.24, 2.45) is 0 Å². The second-order valence-corrected chi connectivity index (χ2v) is 4.61. The van der Waals surface area contributed by atoms with Gasteiger partial charge < -0.3 is 9.57 Å². The van der Waals surface area contributed by atoms with Crippen LogP contribution in [-0.4, -0.2) is 28.4 Å². The zero-order chi connectivity index (χ0) is 15.2. The summed E-state index contributed by atoms with van der Waals surface area (Å²) in [4.78, 5) is 6.92. The lowest BCUT2D eigenvalue weighted by atomic mass is 10.2. The highest BCUT2D eigenvalue weighted by atomic mass is 16.7. The topological polar surface area (TPSA) is 73.0 Å². The first-order chi connectivity index (χ1) is 10.9. The fourth-order valence-electron chi connectivity index (χ4n) is 2.02. The minimum Gasteiger partial charge on any atom is -0.490 e. The van der Waals surface area contributed by atoms with Crippen LogP contribution in [0.2, 0.25) is 0 Å². The third-order valence-corrected chi connectivity index (χ3v) is 3.09. The van der Waals surface area contributed by atoms with Gasteiger partial charge in [0.15, 0.2) is 6.61 Å². The molecule has 6 nitrogen and oxygen atoms in total. The number of aromatic nitrogens is 3. The van der Waals surface area contributed by atoms with Gasteiger partial charge in [0.05, 0.1) is 12.5 Å². The molecule has 110 valence electrons. The van der Waals surface area contributed by atoms with Gasteiger partial charge in [-0.15, -0.1) is 5.10 Å². The van der Waals surface area contributed by atoms with Crippen LogP contribution in [0.15, 0.2) is 48.5 Å². The molecule has 0 aliphatic heterocycles. The van der Waals surface area contributed by atoms with E-state index in [-0.39, 0.29) is 0 Å². The smallest absolute Gasteiger partial charge is 0.151 e. The molecule has 2 aromatic carbocycles. The summed E-state index contributed by atoms with van der Waals surface area (Å²) in [5, 5.41) is 16.6. The summed E-state index contributed by atoms with van der Waals surface area (Å²) in [6.45, 7) is 0.749. The predicted octanol–water partition coefficient (Wildman–Crippen LogP) is 2.00. The van der Waals surface area contributed by atoms with Gasteiger partial charge in [-0.1, -0.05) is 29.1 Å². The highest BCUT2D eigenvalue weighted by molar-refractivity contribution is 5.73. The SMILES string of the molecule is N#CCc1ccc(OCCOn2nnc3ccccc32)cc1. The van der Waals surface area contributed by atoms with Crippen LogP contribution < -0.4 is 9.57 Å². The van der Waals surface area contributed by atoms with Crippen LogP contribution >= 0.6 is 0 Å². The molecule has 0 N–H and O–H groups in total. The van der Waals surface area contributed by atoms with Gasteiger partial charge in [-0.25, -0.2) is 0 Å². The van der Waals surface area contributed by atoms with Crippen LogP contribution in [0.1, 0.15) is 5.56 Å². The van der Waals surface area contributed by atoms with Crippen LogP contribution in [0.3, 0.4) is 0 Å². The Hall–Kier alpha value is -3.07.